The molecule has 0 aliphatic carbocycles. The third kappa shape index (κ3) is 4.31. The first kappa shape index (κ1) is 17.7. The minimum atomic E-state index is -3.00. The number of amides is 1. The number of carbonyl (C=O) groups is 1. The second-order valence-corrected chi connectivity index (χ2v) is 8.71. The number of fused-ring (bicyclic) bond motifs is 1. The van der Waals surface area contributed by atoms with Gasteiger partial charge < -0.3 is 9.73 Å². The fourth-order valence-corrected chi connectivity index (χ4v) is 4.81. The molecule has 1 unspecified atom stereocenters. The first-order valence-electron chi connectivity index (χ1n) is 8.68. The van der Waals surface area contributed by atoms with E-state index in [4.69, 9.17) is 4.42 Å². The highest BCUT2D eigenvalue weighted by Gasteiger charge is 2.28. The molecular weight excluding hydrogens is 338 g/mol. The molecule has 5 nitrogen and oxygen atoms in total. The SMILES string of the molecule is CCCCc1oc2ccccc2c1C=CC(=O)NC1CCS(=O)(=O)C1. The second-order valence-electron chi connectivity index (χ2n) is 6.48. The molecule has 1 atom stereocenters. The quantitative estimate of drug-likeness (QED) is 0.802. The van der Waals surface area contributed by atoms with E-state index in [1.165, 1.54) is 6.08 Å². The number of nitrogens with one attached hydrogen (secondary N) is 1. The summed E-state index contributed by atoms with van der Waals surface area (Å²) in [4.78, 5) is 12.1. The molecule has 3 rings (SSSR count). The van der Waals surface area contributed by atoms with Crippen molar-refractivity contribution < 1.29 is 17.6 Å². The molecule has 25 heavy (non-hydrogen) atoms. The number of hydrogen-bond donors (Lipinski definition) is 1. The lowest BCUT2D eigenvalue weighted by molar-refractivity contribution is -0.116. The Morgan fingerprint density at radius 2 is 2.16 bits per heavy atom. The molecule has 0 spiro atoms. The molecule has 1 N–H and O–H groups in total. The first-order valence-corrected chi connectivity index (χ1v) is 10.5. The zero-order valence-corrected chi connectivity index (χ0v) is 15.1. The van der Waals surface area contributed by atoms with Crippen LogP contribution in [0.25, 0.3) is 17.0 Å². The van der Waals surface area contributed by atoms with E-state index in [9.17, 15) is 13.2 Å². The summed E-state index contributed by atoms with van der Waals surface area (Å²) < 4.78 is 28.9. The lowest BCUT2D eigenvalue weighted by Crippen LogP contribution is -2.34. The van der Waals surface area contributed by atoms with Gasteiger partial charge in [-0.3, -0.25) is 4.79 Å². The Balaban J connectivity index is 1.76. The van der Waals surface area contributed by atoms with Gasteiger partial charge in [0, 0.05) is 29.5 Å². The van der Waals surface area contributed by atoms with Crippen LogP contribution in [-0.2, 0) is 21.1 Å². The molecule has 1 aliphatic heterocycles. The van der Waals surface area contributed by atoms with Crippen LogP contribution >= 0.6 is 0 Å². The molecule has 2 aromatic rings. The van der Waals surface area contributed by atoms with Crippen molar-refractivity contribution in [1.82, 2.24) is 5.32 Å². The number of benzene rings is 1. The van der Waals surface area contributed by atoms with E-state index in [-0.39, 0.29) is 23.5 Å². The van der Waals surface area contributed by atoms with Gasteiger partial charge in [-0.05, 0) is 25.0 Å². The molecule has 0 saturated carbocycles. The van der Waals surface area contributed by atoms with Gasteiger partial charge in [-0.25, -0.2) is 8.42 Å². The van der Waals surface area contributed by atoms with E-state index in [0.717, 1.165) is 41.6 Å². The van der Waals surface area contributed by atoms with E-state index in [1.54, 1.807) is 6.08 Å². The van der Waals surface area contributed by atoms with Crippen LogP contribution in [0.3, 0.4) is 0 Å². The Morgan fingerprint density at radius 1 is 1.36 bits per heavy atom. The molecule has 0 bridgehead atoms. The molecule has 6 heteroatoms. The maximum atomic E-state index is 12.1. The van der Waals surface area contributed by atoms with E-state index in [2.05, 4.69) is 12.2 Å². The Hall–Kier alpha value is -2.08. The summed E-state index contributed by atoms with van der Waals surface area (Å²) in [5.74, 6) is 0.794. The highest BCUT2D eigenvalue weighted by Crippen LogP contribution is 2.28. The van der Waals surface area contributed by atoms with E-state index >= 15 is 0 Å². The van der Waals surface area contributed by atoms with Crippen molar-refractivity contribution in [2.24, 2.45) is 0 Å². The van der Waals surface area contributed by atoms with Crippen LogP contribution in [0.1, 0.15) is 37.5 Å². The molecule has 1 aromatic heterocycles. The van der Waals surface area contributed by atoms with E-state index < -0.39 is 9.84 Å². The zero-order valence-electron chi connectivity index (χ0n) is 14.3. The fraction of sp³-hybridized carbons (Fsp3) is 0.421. The Bertz CT molecular complexity index is 895. The summed E-state index contributed by atoms with van der Waals surface area (Å²) in [6.45, 7) is 2.13. The summed E-state index contributed by atoms with van der Waals surface area (Å²) in [6, 6.07) is 7.49. The van der Waals surface area contributed by atoms with Crippen LogP contribution in [0.2, 0.25) is 0 Å². The lowest BCUT2D eigenvalue weighted by atomic mass is 10.1. The standard InChI is InChI=1S/C19H23NO4S/c1-2-3-7-17-16(15-6-4-5-8-18(15)24-17)9-10-19(21)20-14-11-12-25(22,23)13-14/h4-6,8-10,14H,2-3,7,11-13H2,1H3,(H,20,21). The normalized spacial score (nSPS) is 19.6. The number of furan rings is 1. The smallest absolute Gasteiger partial charge is 0.244 e. The van der Waals surface area contributed by atoms with Crippen LogP contribution in [-0.4, -0.2) is 31.9 Å². The van der Waals surface area contributed by atoms with Gasteiger partial charge in [0.2, 0.25) is 5.91 Å². The Kier molecular flexibility index (Phi) is 5.27. The van der Waals surface area contributed by atoms with Crippen molar-refractivity contribution in [2.45, 2.75) is 38.6 Å². The molecule has 1 amide bonds. The summed E-state index contributed by atoms with van der Waals surface area (Å²) in [7, 11) is -3.00. The minimum Gasteiger partial charge on any atom is -0.460 e. The third-order valence-corrected chi connectivity index (χ3v) is 6.22. The van der Waals surface area contributed by atoms with Crippen molar-refractivity contribution >= 4 is 32.8 Å². The lowest BCUT2D eigenvalue weighted by Gasteiger charge is -2.07. The van der Waals surface area contributed by atoms with E-state index in [0.29, 0.717) is 6.42 Å². The molecule has 1 aliphatic rings. The Morgan fingerprint density at radius 3 is 2.88 bits per heavy atom. The number of para-hydroxylation sites is 1. The van der Waals surface area contributed by atoms with Crippen molar-refractivity contribution in [3.63, 3.8) is 0 Å². The number of unbranched alkanes of at least 4 members (excludes halogenated alkanes) is 1. The van der Waals surface area contributed by atoms with Gasteiger partial charge >= 0.3 is 0 Å². The molecule has 1 aromatic carbocycles. The van der Waals surface area contributed by atoms with Gasteiger partial charge in [-0.1, -0.05) is 31.5 Å². The van der Waals surface area contributed by atoms with Crippen molar-refractivity contribution in [3.05, 3.63) is 41.7 Å². The molecule has 0 radical (unpaired) electrons. The van der Waals surface area contributed by atoms with Crippen molar-refractivity contribution in [1.29, 1.82) is 0 Å². The predicted molar refractivity (Wildman–Crippen MR) is 99.1 cm³/mol. The Labute approximate surface area is 148 Å². The summed E-state index contributed by atoms with van der Waals surface area (Å²) >= 11 is 0. The van der Waals surface area contributed by atoms with Gasteiger partial charge in [-0.15, -0.1) is 0 Å². The summed E-state index contributed by atoms with van der Waals surface area (Å²) in [6.07, 6.45) is 6.64. The van der Waals surface area contributed by atoms with Crippen LogP contribution in [0.5, 0.6) is 0 Å². The number of aryl methyl sites for hydroxylation is 1. The fourth-order valence-electron chi connectivity index (χ4n) is 3.14. The number of hydrogen-bond acceptors (Lipinski definition) is 4. The summed E-state index contributed by atoms with van der Waals surface area (Å²) in [5, 5.41) is 3.76. The van der Waals surface area contributed by atoms with Gasteiger partial charge in [0.1, 0.15) is 11.3 Å². The third-order valence-electron chi connectivity index (χ3n) is 4.45. The second kappa shape index (κ2) is 7.44. The van der Waals surface area contributed by atoms with Crippen molar-refractivity contribution in [2.75, 3.05) is 11.5 Å². The molecule has 134 valence electrons. The average Bonchev–Trinajstić information content (AvgIpc) is 3.10. The number of sulfone groups is 1. The highest BCUT2D eigenvalue weighted by molar-refractivity contribution is 7.91. The predicted octanol–water partition coefficient (Wildman–Crippen LogP) is 3.09. The highest BCUT2D eigenvalue weighted by atomic mass is 32.2. The minimum absolute atomic E-state index is 0.0307. The monoisotopic (exact) mass is 361 g/mol. The number of carbonyl (C=O) groups excluding carboxylic acids is 1. The topological polar surface area (TPSA) is 76.4 Å². The molecular formula is C19H23NO4S. The van der Waals surface area contributed by atoms with Crippen LogP contribution < -0.4 is 5.32 Å². The van der Waals surface area contributed by atoms with Gasteiger partial charge in [0.05, 0.1) is 11.5 Å². The maximum Gasteiger partial charge on any atom is 0.244 e. The van der Waals surface area contributed by atoms with Gasteiger partial charge in [-0.2, -0.15) is 0 Å². The van der Waals surface area contributed by atoms with Crippen LogP contribution in [0.15, 0.2) is 34.8 Å². The first-order chi connectivity index (χ1) is 12.0. The van der Waals surface area contributed by atoms with Crippen molar-refractivity contribution in [3.8, 4) is 0 Å². The van der Waals surface area contributed by atoms with Gasteiger partial charge in [0.25, 0.3) is 0 Å². The average molecular weight is 361 g/mol. The maximum absolute atomic E-state index is 12.1. The zero-order chi connectivity index (χ0) is 17.9. The summed E-state index contributed by atoms with van der Waals surface area (Å²) in [5.41, 5.74) is 1.74. The van der Waals surface area contributed by atoms with Gasteiger partial charge in [0.15, 0.2) is 9.84 Å². The molecule has 1 saturated heterocycles. The largest absolute Gasteiger partial charge is 0.460 e. The van der Waals surface area contributed by atoms with E-state index in [1.807, 2.05) is 24.3 Å². The molecule has 1 fully saturated rings. The number of rotatable bonds is 6. The van der Waals surface area contributed by atoms with Crippen LogP contribution in [0, 0.1) is 0 Å². The molecule has 2 heterocycles. The van der Waals surface area contributed by atoms with Crippen LogP contribution in [0.4, 0.5) is 0 Å².